The molecule has 194 valence electrons. The molecule has 2 amide bonds. The van der Waals surface area contributed by atoms with Crippen molar-refractivity contribution in [2.75, 3.05) is 17.2 Å². The van der Waals surface area contributed by atoms with Crippen molar-refractivity contribution < 1.29 is 14.3 Å². The van der Waals surface area contributed by atoms with Gasteiger partial charge in [-0.3, -0.25) is 9.59 Å². The Hall–Kier alpha value is -3.42. The molecule has 0 aliphatic rings. The molecule has 6 nitrogen and oxygen atoms in total. The average molecular weight is 538 g/mol. The van der Waals surface area contributed by atoms with Gasteiger partial charge in [0.05, 0.1) is 6.61 Å². The lowest BCUT2D eigenvalue weighted by atomic mass is 9.87. The third-order valence-corrected chi connectivity index (χ3v) is 6.29. The van der Waals surface area contributed by atoms with E-state index in [4.69, 9.17) is 28.6 Å². The Labute approximate surface area is 228 Å². The fraction of sp³-hybridized carbons (Fsp3) is 0.276. The van der Waals surface area contributed by atoms with Gasteiger partial charge in [-0.2, -0.15) is 0 Å². The van der Waals surface area contributed by atoms with Crippen molar-refractivity contribution in [3.8, 4) is 5.75 Å². The molecule has 0 saturated carbocycles. The molecule has 0 saturated heterocycles. The summed E-state index contributed by atoms with van der Waals surface area (Å²) in [4.78, 5) is 25.5. The molecule has 3 aromatic rings. The lowest BCUT2D eigenvalue weighted by Gasteiger charge is -2.24. The largest absolute Gasteiger partial charge is 0.493 e. The minimum Gasteiger partial charge on any atom is -0.493 e. The fourth-order valence-electron chi connectivity index (χ4n) is 3.61. The molecule has 0 heterocycles. The van der Waals surface area contributed by atoms with Gasteiger partial charge in [0.2, 0.25) is 5.91 Å². The van der Waals surface area contributed by atoms with E-state index >= 15 is 0 Å². The molecule has 0 bridgehead atoms. The Morgan fingerprint density at radius 2 is 1.65 bits per heavy atom. The van der Waals surface area contributed by atoms with E-state index in [1.165, 1.54) is 0 Å². The number of amides is 2. The van der Waals surface area contributed by atoms with Crippen molar-refractivity contribution in [3.63, 3.8) is 0 Å². The zero-order valence-electron chi connectivity index (χ0n) is 21.5. The van der Waals surface area contributed by atoms with Gasteiger partial charge in [-0.15, -0.1) is 0 Å². The van der Waals surface area contributed by atoms with Gasteiger partial charge in [0.1, 0.15) is 5.75 Å². The van der Waals surface area contributed by atoms with Gasteiger partial charge >= 0.3 is 0 Å². The normalized spacial score (nSPS) is 10.9. The second-order valence-corrected chi connectivity index (χ2v) is 10.4. The predicted octanol–water partition coefficient (Wildman–Crippen LogP) is 6.91. The summed E-state index contributed by atoms with van der Waals surface area (Å²) in [6, 6.07) is 19.9. The van der Waals surface area contributed by atoms with Crippen LogP contribution in [0.3, 0.4) is 0 Å². The fourth-order valence-corrected chi connectivity index (χ4v) is 4.02. The Kier molecular flexibility index (Phi) is 9.66. The maximum atomic E-state index is 12.9. The molecule has 0 radical (unpaired) electrons. The quantitative estimate of drug-likeness (QED) is 0.204. The molecule has 0 aliphatic carbocycles. The Balaban J connectivity index is 1.49. The van der Waals surface area contributed by atoms with Gasteiger partial charge in [0.25, 0.3) is 5.91 Å². The van der Waals surface area contributed by atoms with Crippen molar-refractivity contribution in [1.82, 2.24) is 5.32 Å². The summed E-state index contributed by atoms with van der Waals surface area (Å²) in [5.74, 6) is 0.396. The molecular weight excluding hydrogens is 506 g/mol. The number of anilines is 2. The monoisotopic (exact) mass is 537 g/mol. The summed E-state index contributed by atoms with van der Waals surface area (Å²) in [6.45, 7) is 8.32. The number of halogens is 1. The maximum absolute atomic E-state index is 12.9. The van der Waals surface area contributed by atoms with E-state index in [1.54, 1.807) is 48.5 Å². The summed E-state index contributed by atoms with van der Waals surface area (Å²) in [5.41, 5.74) is 3.21. The van der Waals surface area contributed by atoms with Crippen LogP contribution < -0.4 is 20.7 Å². The lowest BCUT2D eigenvalue weighted by Crippen LogP contribution is -2.42. The molecule has 0 aliphatic heterocycles. The number of nitrogens with one attached hydrogen (secondary N) is 3. The second kappa shape index (κ2) is 12.7. The van der Waals surface area contributed by atoms with Crippen molar-refractivity contribution in [3.05, 3.63) is 88.4 Å². The first-order chi connectivity index (χ1) is 17.5. The Bertz CT molecular complexity index is 1290. The molecule has 0 spiro atoms. The number of hydrogen-bond acceptors (Lipinski definition) is 4. The van der Waals surface area contributed by atoms with Crippen LogP contribution in [0.2, 0.25) is 5.02 Å². The van der Waals surface area contributed by atoms with E-state index in [1.807, 2.05) is 39.8 Å². The molecule has 0 unspecified atom stereocenters. The number of rotatable bonds is 9. The molecule has 37 heavy (non-hydrogen) atoms. The topological polar surface area (TPSA) is 79.5 Å². The number of ether oxygens (including phenoxy) is 1. The number of aryl methyl sites for hydroxylation is 2. The summed E-state index contributed by atoms with van der Waals surface area (Å²) in [7, 11) is 0. The molecule has 0 aromatic heterocycles. The van der Waals surface area contributed by atoms with Crippen LogP contribution in [0.5, 0.6) is 5.75 Å². The van der Waals surface area contributed by atoms with E-state index in [0.717, 1.165) is 23.3 Å². The highest BCUT2D eigenvalue weighted by atomic mass is 35.5. The molecule has 3 rings (SSSR count). The standard InChI is InChI=1S/C29H32ClN3O3S/c1-19-12-13-20(2)25(16-19)36-15-7-14-29(3,4)27(35)33-28(37)32-23-10-5-8-21(17-23)26(34)31-24-11-6-9-22(30)18-24/h5-6,8-13,16-18H,7,14-15H2,1-4H3,(H,31,34)(H2,32,33,35,37). The summed E-state index contributed by atoms with van der Waals surface area (Å²) in [5, 5.41) is 9.26. The van der Waals surface area contributed by atoms with E-state index in [9.17, 15) is 9.59 Å². The number of benzene rings is 3. The van der Waals surface area contributed by atoms with Gasteiger partial charge in [-0.1, -0.05) is 49.7 Å². The summed E-state index contributed by atoms with van der Waals surface area (Å²) < 4.78 is 5.92. The first-order valence-corrected chi connectivity index (χ1v) is 12.8. The highest BCUT2D eigenvalue weighted by molar-refractivity contribution is 7.80. The van der Waals surface area contributed by atoms with Crippen LogP contribution >= 0.6 is 23.8 Å². The van der Waals surface area contributed by atoms with Crippen LogP contribution in [0, 0.1) is 19.3 Å². The van der Waals surface area contributed by atoms with Crippen LogP contribution in [0.1, 0.15) is 48.2 Å². The number of hydrogen-bond donors (Lipinski definition) is 3. The van der Waals surface area contributed by atoms with Gasteiger partial charge in [-0.05, 0) is 92.5 Å². The molecule has 0 atom stereocenters. The van der Waals surface area contributed by atoms with E-state index in [-0.39, 0.29) is 16.9 Å². The minimum absolute atomic E-state index is 0.164. The number of thiocarbonyl (C=S) groups is 1. The molecule has 8 heteroatoms. The molecular formula is C29H32ClN3O3S. The molecule has 3 N–H and O–H groups in total. The van der Waals surface area contributed by atoms with Gasteiger partial charge in [0, 0.05) is 27.4 Å². The zero-order valence-corrected chi connectivity index (χ0v) is 23.1. The average Bonchev–Trinajstić information content (AvgIpc) is 2.84. The number of carbonyl (C=O) groups excluding carboxylic acids is 2. The third kappa shape index (κ3) is 8.58. The lowest BCUT2D eigenvalue weighted by molar-refractivity contribution is -0.128. The van der Waals surface area contributed by atoms with E-state index in [0.29, 0.717) is 35.0 Å². The molecule has 3 aromatic carbocycles. The second-order valence-electron chi connectivity index (χ2n) is 9.56. The van der Waals surface area contributed by atoms with Gasteiger partial charge in [-0.25, -0.2) is 0 Å². The molecule has 0 fully saturated rings. The first kappa shape index (κ1) is 28.2. The van der Waals surface area contributed by atoms with Crippen molar-refractivity contribution in [2.45, 2.75) is 40.5 Å². The van der Waals surface area contributed by atoms with Gasteiger partial charge in [0.15, 0.2) is 5.11 Å². The highest BCUT2D eigenvalue weighted by Gasteiger charge is 2.28. The minimum atomic E-state index is -0.643. The zero-order chi connectivity index (χ0) is 27.0. The van der Waals surface area contributed by atoms with Crippen LogP contribution in [-0.4, -0.2) is 23.5 Å². The van der Waals surface area contributed by atoms with Crippen molar-refractivity contribution in [1.29, 1.82) is 0 Å². The highest BCUT2D eigenvalue weighted by Crippen LogP contribution is 2.24. The first-order valence-electron chi connectivity index (χ1n) is 12.0. The smallest absolute Gasteiger partial charge is 0.255 e. The van der Waals surface area contributed by atoms with Crippen molar-refractivity contribution in [2.24, 2.45) is 5.41 Å². The van der Waals surface area contributed by atoms with Crippen LogP contribution in [0.25, 0.3) is 0 Å². The third-order valence-electron chi connectivity index (χ3n) is 5.85. The van der Waals surface area contributed by atoms with Crippen LogP contribution in [-0.2, 0) is 4.79 Å². The van der Waals surface area contributed by atoms with E-state index in [2.05, 4.69) is 22.0 Å². The summed E-state index contributed by atoms with van der Waals surface area (Å²) >= 11 is 11.3. The van der Waals surface area contributed by atoms with Crippen LogP contribution in [0.4, 0.5) is 11.4 Å². The Morgan fingerprint density at radius 3 is 2.38 bits per heavy atom. The predicted molar refractivity (Wildman–Crippen MR) is 155 cm³/mol. The number of carbonyl (C=O) groups is 2. The SMILES string of the molecule is Cc1ccc(C)c(OCCCC(C)(C)C(=O)NC(=S)Nc2cccc(C(=O)Nc3cccc(Cl)c3)c2)c1. The maximum Gasteiger partial charge on any atom is 0.255 e. The van der Waals surface area contributed by atoms with E-state index < -0.39 is 5.41 Å². The van der Waals surface area contributed by atoms with Crippen molar-refractivity contribution >= 4 is 52.1 Å². The van der Waals surface area contributed by atoms with Gasteiger partial charge < -0.3 is 20.7 Å². The van der Waals surface area contributed by atoms with Crippen LogP contribution in [0.15, 0.2) is 66.7 Å². The Morgan fingerprint density at radius 1 is 0.946 bits per heavy atom. The summed E-state index contributed by atoms with van der Waals surface area (Å²) in [6.07, 6.45) is 1.35.